The molecule has 0 aromatic rings. The Morgan fingerprint density at radius 1 is 1.28 bits per heavy atom. The Bertz CT molecular complexity index is 279. The molecule has 4 N–H and O–H groups in total. The molecule has 1 aliphatic rings. The fourth-order valence-electron chi connectivity index (χ4n) is 1.91. The highest BCUT2D eigenvalue weighted by molar-refractivity contribution is 5.82. The van der Waals surface area contributed by atoms with Crippen LogP contribution in [-0.4, -0.2) is 65.9 Å². The van der Waals surface area contributed by atoms with Crippen LogP contribution in [0.15, 0.2) is 0 Å². The summed E-state index contributed by atoms with van der Waals surface area (Å²) in [7, 11) is 0. The lowest BCUT2D eigenvalue weighted by Crippen LogP contribution is -2.48. The number of urea groups is 1. The summed E-state index contributed by atoms with van der Waals surface area (Å²) in [6.07, 6.45) is 3.32. The number of amides is 2. The Balaban J connectivity index is 2.07. The number of rotatable bonds is 7. The first-order valence-electron chi connectivity index (χ1n) is 6.24. The van der Waals surface area contributed by atoms with E-state index in [1.165, 1.54) is 12.8 Å². The lowest BCUT2D eigenvalue weighted by molar-refractivity contribution is -0.140. The summed E-state index contributed by atoms with van der Waals surface area (Å²) in [6.45, 7) is 3.08. The average molecular weight is 259 g/mol. The zero-order valence-electron chi connectivity index (χ0n) is 10.4. The van der Waals surface area contributed by atoms with Gasteiger partial charge in [0.15, 0.2) is 6.04 Å². The second-order valence-electron chi connectivity index (χ2n) is 4.38. The SMILES string of the molecule is O=C(NCCCN1CCCC1)NC(CO)C(=O)O. The summed E-state index contributed by atoms with van der Waals surface area (Å²) < 4.78 is 0. The van der Waals surface area contributed by atoms with Gasteiger partial charge in [-0.25, -0.2) is 9.59 Å². The molecule has 0 aromatic carbocycles. The Labute approximate surface area is 106 Å². The van der Waals surface area contributed by atoms with Gasteiger partial charge in [-0.3, -0.25) is 0 Å². The molecule has 1 aliphatic heterocycles. The van der Waals surface area contributed by atoms with E-state index in [1.807, 2.05) is 0 Å². The summed E-state index contributed by atoms with van der Waals surface area (Å²) in [5, 5.41) is 22.1. The van der Waals surface area contributed by atoms with Crippen LogP contribution in [0.25, 0.3) is 0 Å². The van der Waals surface area contributed by atoms with E-state index in [2.05, 4.69) is 15.5 Å². The van der Waals surface area contributed by atoms with Crippen molar-refractivity contribution in [2.24, 2.45) is 0 Å². The largest absolute Gasteiger partial charge is 0.480 e. The second-order valence-corrected chi connectivity index (χ2v) is 4.38. The Kier molecular flexibility index (Phi) is 6.45. The average Bonchev–Trinajstić information content (AvgIpc) is 2.84. The Morgan fingerprint density at radius 2 is 1.94 bits per heavy atom. The highest BCUT2D eigenvalue weighted by Crippen LogP contribution is 2.06. The number of carbonyl (C=O) groups is 2. The molecule has 7 heteroatoms. The molecule has 1 saturated heterocycles. The number of nitrogens with one attached hydrogen (secondary N) is 2. The normalized spacial score (nSPS) is 17.4. The summed E-state index contributed by atoms with van der Waals surface area (Å²) in [6, 6.07) is -1.80. The van der Waals surface area contributed by atoms with Gasteiger partial charge >= 0.3 is 12.0 Å². The third-order valence-corrected chi connectivity index (χ3v) is 2.92. The van der Waals surface area contributed by atoms with Crippen LogP contribution in [-0.2, 0) is 4.79 Å². The monoisotopic (exact) mass is 259 g/mol. The smallest absolute Gasteiger partial charge is 0.328 e. The number of aliphatic hydroxyl groups excluding tert-OH is 1. The molecular weight excluding hydrogens is 238 g/mol. The van der Waals surface area contributed by atoms with E-state index in [4.69, 9.17) is 10.2 Å². The van der Waals surface area contributed by atoms with E-state index in [0.717, 1.165) is 26.1 Å². The minimum absolute atomic E-state index is 0.500. The molecular formula is C11H21N3O4. The van der Waals surface area contributed by atoms with Crippen LogP contribution in [0.4, 0.5) is 4.79 Å². The first-order chi connectivity index (χ1) is 8.63. The van der Waals surface area contributed by atoms with Crippen molar-refractivity contribution in [1.82, 2.24) is 15.5 Å². The minimum Gasteiger partial charge on any atom is -0.480 e. The highest BCUT2D eigenvalue weighted by Gasteiger charge is 2.18. The van der Waals surface area contributed by atoms with Crippen LogP contribution in [0.3, 0.4) is 0 Å². The van der Waals surface area contributed by atoms with Gasteiger partial charge in [0.2, 0.25) is 0 Å². The third kappa shape index (κ3) is 5.33. The topological polar surface area (TPSA) is 102 Å². The zero-order valence-corrected chi connectivity index (χ0v) is 10.4. The molecule has 104 valence electrons. The van der Waals surface area contributed by atoms with Crippen molar-refractivity contribution in [2.75, 3.05) is 32.8 Å². The standard InChI is InChI=1S/C11H21N3O4/c15-8-9(10(16)17)13-11(18)12-4-3-7-14-5-1-2-6-14/h9,15H,1-8H2,(H,16,17)(H2,12,13,18). The van der Waals surface area contributed by atoms with Gasteiger partial charge < -0.3 is 25.7 Å². The van der Waals surface area contributed by atoms with Gasteiger partial charge in [-0.1, -0.05) is 0 Å². The first-order valence-corrected chi connectivity index (χ1v) is 6.24. The Hall–Kier alpha value is -1.34. The van der Waals surface area contributed by atoms with Crippen molar-refractivity contribution < 1.29 is 19.8 Å². The van der Waals surface area contributed by atoms with Gasteiger partial charge in [0, 0.05) is 6.54 Å². The van der Waals surface area contributed by atoms with Crippen LogP contribution in [0, 0.1) is 0 Å². The van der Waals surface area contributed by atoms with Gasteiger partial charge in [-0.15, -0.1) is 0 Å². The van der Waals surface area contributed by atoms with E-state index in [0.29, 0.717) is 6.54 Å². The maximum absolute atomic E-state index is 11.3. The first kappa shape index (κ1) is 14.7. The van der Waals surface area contributed by atoms with E-state index in [9.17, 15) is 9.59 Å². The van der Waals surface area contributed by atoms with Crippen LogP contribution in [0.2, 0.25) is 0 Å². The molecule has 0 saturated carbocycles. The molecule has 1 unspecified atom stereocenters. The van der Waals surface area contributed by atoms with E-state index < -0.39 is 24.6 Å². The quantitative estimate of drug-likeness (QED) is 0.449. The Morgan fingerprint density at radius 3 is 2.50 bits per heavy atom. The van der Waals surface area contributed by atoms with E-state index in [-0.39, 0.29) is 0 Å². The maximum atomic E-state index is 11.3. The summed E-state index contributed by atoms with van der Waals surface area (Å²) in [5.41, 5.74) is 0. The van der Waals surface area contributed by atoms with Gasteiger partial charge in [0.1, 0.15) is 0 Å². The number of aliphatic hydroxyl groups is 1. The molecule has 0 aliphatic carbocycles. The molecule has 1 rings (SSSR count). The van der Waals surface area contributed by atoms with Crippen molar-refractivity contribution >= 4 is 12.0 Å². The van der Waals surface area contributed by atoms with Crippen molar-refractivity contribution in [1.29, 1.82) is 0 Å². The molecule has 1 heterocycles. The molecule has 7 nitrogen and oxygen atoms in total. The number of nitrogens with zero attached hydrogens (tertiary/aromatic N) is 1. The molecule has 1 atom stereocenters. The molecule has 0 aromatic heterocycles. The number of aliphatic carboxylic acids is 1. The molecule has 2 amide bonds. The minimum atomic E-state index is -1.25. The lowest BCUT2D eigenvalue weighted by Gasteiger charge is -2.15. The molecule has 0 bridgehead atoms. The molecule has 18 heavy (non-hydrogen) atoms. The second kappa shape index (κ2) is 7.88. The van der Waals surface area contributed by atoms with Crippen molar-refractivity contribution in [3.63, 3.8) is 0 Å². The number of carboxylic acid groups (broad SMARTS) is 1. The zero-order chi connectivity index (χ0) is 13.4. The summed E-state index contributed by atoms with van der Waals surface area (Å²) in [4.78, 5) is 24.2. The fourth-order valence-corrected chi connectivity index (χ4v) is 1.91. The number of carbonyl (C=O) groups excluding carboxylic acids is 1. The highest BCUT2D eigenvalue weighted by atomic mass is 16.4. The van der Waals surface area contributed by atoms with E-state index >= 15 is 0 Å². The number of likely N-dealkylation sites (tertiary alicyclic amines) is 1. The molecule has 0 spiro atoms. The van der Waals surface area contributed by atoms with Gasteiger partial charge in [0.05, 0.1) is 6.61 Å². The number of hydrogen-bond acceptors (Lipinski definition) is 4. The third-order valence-electron chi connectivity index (χ3n) is 2.92. The lowest BCUT2D eigenvalue weighted by atomic mass is 10.3. The molecule has 1 fully saturated rings. The maximum Gasteiger partial charge on any atom is 0.328 e. The fraction of sp³-hybridized carbons (Fsp3) is 0.818. The number of hydrogen-bond donors (Lipinski definition) is 4. The van der Waals surface area contributed by atoms with Gasteiger partial charge in [0.25, 0.3) is 0 Å². The van der Waals surface area contributed by atoms with Gasteiger partial charge in [-0.05, 0) is 38.9 Å². The molecule has 0 radical (unpaired) electrons. The van der Waals surface area contributed by atoms with E-state index in [1.54, 1.807) is 0 Å². The summed E-state index contributed by atoms with van der Waals surface area (Å²) >= 11 is 0. The van der Waals surface area contributed by atoms with Crippen LogP contribution in [0.5, 0.6) is 0 Å². The van der Waals surface area contributed by atoms with Crippen molar-refractivity contribution in [3.05, 3.63) is 0 Å². The van der Waals surface area contributed by atoms with Crippen LogP contribution < -0.4 is 10.6 Å². The number of carboxylic acids is 1. The van der Waals surface area contributed by atoms with Gasteiger partial charge in [-0.2, -0.15) is 0 Å². The predicted octanol–water partition coefficient (Wildman–Crippen LogP) is -0.783. The predicted molar refractivity (Wildman–Crippen MR) is 65.3 cm³/mol. The van der Waals surface area contributed by atoms with Crippen molar-refractivity contribution in [2.45, 2.75) is 25.3 Å². The summed E-state index contributed by atoms with van der Waals surface area (Å²) in [5.74, 6) is -1.25. The van der Waals surface area contributed by atoms with Crippen LogP contribution >= 0.6 is 0 Å². The van der Waals surface area contributed by atoms with Crippen molar-refractivity contribution in [3.8, 4) is 0 Å². The van der Waals surface area contributed by atoms with Crippen LogP contribution in [0.1, 0.15) is 19.3 Å².